The molecule has 5 aromatic carbocycles. The number of rotatable bonds is 19. The van der Waals surface area contributed by atoms with Gasteiger partial charge in [-0.25, -0.2) is 14.8 Å². The van der Waals surface area contributed by atoms with Crippen LogP contribution in [0.1, 0.15) is 145 Å². The molecule has 2 unspecified atom stereocenters. The number of ether oxygens (including phenoxy) is 12. The number of anilines is 3. The second kappa shape index (κ2) is 33.0. The topological polar surface area (TPSA) is 566 Å². The Morgan fingerprint density at radius 3 is 2.14 bits per heavy atom. The van der Waals surface area contributed by atoms with Gasteiger partial charge >= 0.3 is 17.9 Å². The van der Waals surface area contributed by atoms with Gasteiger partial charge in [-0.1, -0.05) is 18.2 Å². The highest BCUT2D eigenvalue weighted by Crippen LogP contribution is 2.58. The minimum atomic E-state index is -2.00. The highest BCUT2D eigenvalue weighted by molar-refractivity contribution is 7.10. The molecule has 17 atom stereocenters. The Balaban J connectivity index is 0.000000146. The largest absolute Gasteiger partial charge is 0.507 e. The Kier molecular flexibility index (Phi) is 23.1. The van der Waals surface area contributed by atoms with Crippen molar-refractivity contribution in [2.45, 2.75) is 144 Å². The van der Waals surface area contributed by atoms with E-state index in [1.165, 1.54) is 76.1 Å². The van der Waals surface area contributed by atoms with Crippen molar-refractivity contribution in [3.63, 3.8) is 0 Å². The minimum Gasteiger partial charge on any atom is -0.507 e. The maximum atomic E-state index is 13.6. The first-order valence-electron chi connectivity index (χ1n) is 36.5. The number of nitrogens with one attached hydrogen (secondary N) is 2. The highest BCUT2D eigenvalue weighted by Gasteiger charge is 2.57. The summed E-state index contributed by atoms with van der Waals surface area (Å²) in [5.41, 5.74) is 18.4. The Hall–Kier alpha value is -11.5. The van der Waals surface area contributed by atoms with Crippen LogP contribution in [0.15, 0.2) is 90.4 Å². The van der Waals surface area contributed by atoms with Crippen molar-refractivity contribution < 1.29 is 136 Å². The van der Waals surface area contributed by atoms with Gasteiger partial charge < -0.3 is 131 Å². The molecule has 5 aliphatic heterocycles. The summed E-state index contributed by atoms with van der Waals surface area (Å²) in [7, 11) is 4.20. The molecule has 612 valence electrons. The molecule has 37 nitrogen and oxygen atoms in total. The number of phenolic OH excluding ortho intramolecular Hbond substituents is 3. The maximum absolute atomic E-state index is 13.6. The fraction of sp³-hybridized carbons (Fsp3) is 0.397. The smallest absolute Gasteiger partial charge is 0.326 e. The van der Waals surface area contributed by atoms with Crippen LogP contribution in [0.3, 0.4) is 0 Å². The van der Waals surface area contributed by atoms with Crippen LogP contribution in [0, 0.1) is 11.8 Å². The van der Waals surface area contributed by atoms with E-state index in [1.807, 2.05) is 23.6 Å². The number of phenols is 3. The van der Waals surface area contributed by atoms with E-state index < -0.39 is 173 Å². The molecule has 16 rings (SSSR count). The zero-order chi connectivity index (χ0) is 82.6. The molecule has 4 saturated heterocycles. The number of nitrogens with zero attached hydrogens (tertiary/aromatic N) is 4. The molecule has 0 radical (unpaired) electrons. The lowest BCUT2D eigenvalue weighted by atomic mass is 9.66. The number of carboxylic acids is 2. The van der Waals surface area contributed by atoms with Gasteiger partial charge in [0.25, 0.3) is 5.91 Å². The van der Waals surface area contributed by atoms with Gasteiger partial charge in [0, 0.05) is 71.5 Å². The number of esters is 1. The number of benzene rings is 5. The first-order chi connectivity index (χ1) is 55.5. The number of carbonyl (C=O) groups excluding carboxylic acids is 5. The summed E-state index contributed by atoms with van der Waals surface area (Å²) in [5, 5.41) is 102. The van der Waals surface area contributed by atoms with E-state index in [2.05, 4.69) is 30.6 Å². The van der Waals surface area contributed by atoms with Crippen LogP contribution in [0.5, 0.6) is 46.0 Å². The molecule has 8 aromatic rings. The molecule has 116 heavy (non-hydrogen) atoms. The lowest BCUT2D eigenvalue weighted by Gasteiger charge is -2.48. The molecule has 1 amide bonds. The summed E-state index contributed by atoms with van der Waals surface area (Å²) in [6, 6.07) is 19.4. The number of aromatic hydroxyl groups is 3. The van der Waals surface area contributed by atoms with Gasteiger partial charge in [0.15, 0.2) is 70.4 Å². The third-order valence-electron chi connectivity index (χ3n) is 21.5. The number of nitrogen functional groups attached to an aromatic ring is 2. The second-order valence-electron chi connectivity index (χ2n) is 28.6. The van der Waals surface area contributed by atoms with Crippen LogP contribution in [0.25, 0.3) is 11.2 Å². The van der Waals surface area contributed by atoms with Crippen LogP contribution in [-0.4, -0.2) is 215 Å². The van der Waals surface area contributed by atoms with Gasteiger partial charge in [0.2, 0.25) is 24.3 Å². The number of hydrogen-bond donors (Lipinski definition) is 14. The van der Waals surface area contributed by atoms with Gasteiger partial charge in [-0.05, 0) is 103 Å². The summed E-state index contributed by atoms with van der Waals surface area (Å²) in [4.78, 5) is 104. The van der Waals surface area contributed by atoms with Crippen molar-refractivity contribution in [1.29, 1.82) is 0 Å². The average Bonchev–Trinajstić information content (AvgIpc) is 0.933. The molecule has 4 fully saturated rings. The molecule has 8 aliphatic rings. The zero-order valence-corrected chi connectivity index (χ0v) is 63.3. The van der Waals surface area contributed by atoms with Gasteiger partial charge in [-0.2, -0.15) is 9.97 Å². The summed E-state index contributed by atoms with van der Waals surface area (Å²) in [6.45, 7) is 3.26. The second-order valence-corrected chi connectivity index (χ2v) is 29.6. The van der Waals surface area contributed by atoms with Crippen molar-refractivity contribution >= 4 is 81.1 Å². The van der Waals surface area contributed by atoms with Gasteiger partial charge in [-0.15, -0.1) is 11.3 Å². The van der Waals surface area contributed by atoms with E-state index in [-0.39, 0.29) is 114 Å². The van der Waals surface area contributed by atoms with Crippen LogP contribution in [-0.2, 0) is 65.3 Å². The quantitative estimate of drug-likeness (QED) is 0.0401. The lowest BCUT2D eigenvalue weighted by Crippen LogP contribution is -2.62. The number of nitrogens with two attached hydrogens (primary N) is 3. The number of carboxylic acid groups (broad SMARTS) is 2. The molecule has 0 spiro atoms. The molecular formula is C78H81N9O28S. The molecule has 17 N–H and O–H groups in total. The van der Waals surface area contributed by atoms with E-state index in [1.54, 1.807) is 37.3 Å². The predicted octanol–water partition coefficient (Wildman–Crippen LogP) is 4.03. The number of aromatic nitrogens is 4. The number of carbonyl (C=O) groups is 7. The van der Waals surface area contributed by atoms with E-state index >= 15 is 0 Å². The number of aliphatic hydroxyl groups is 4. The van der Waals surface area contributed by atoms with Crippen molar-refractivity contribution in [1.82, 2.24) is 25.3 Å². The number of thiophene rings is 1. The molecule has 38 heteroatoms. The van der Waals surface area contributed by atoms with E-state index in [4.69, 9.17) is 84.3 Å². The Bertz CT molecular complexity index is 5140. The standard InChI is InChI=1S/C32H32O13S.C27H29NO10.C19H20N8O5/c1-37-19-6-13(7-20(38-2)25(19)33)23-14-8-17-18(42-12-41-17)9-15(14)28(16-10-39-30(36)24(16)23)44-32-27(35)26(34)29-21(43-32)11-40-31(45-29)22-4-3-5-46-22;1-10-22(30)14(28)7-17(37-10)38-16-9-27(35,11(2)29)8-13-19(16)26(34)21-20(24(13)32)23(31)12-5-4-6-15(36-3)18(12)25(21)33;20-15-14-16(27-19(21)26-15)23-8-11(24-14)7-22-10-3-1-9(2-4-10)17(30)25-12(18(31)32)5-6-13(28)29/h3-9,16,21,23-24,26-29,31-35H,10-12H2,1-2H3;4-6,10,14,16-17,22,30,32,34-35H,7-9,28H2,1-3H3;1-4,8,12,22H,5-7H2,(H,25,30)(H,28,29)(H,31,32)(H4,20,21,23,26,27)/t16-,21+,23+,24-,26+,27+,28+,29+,31?,32-;10-,14-,16-,17-,22+,27-;/m00./s1. The molecule has 3 aliphatic carbocycles. The zero-order valence-electron chi connectivity index (χ0n) is 62.5. The molecule has 8 heterocycles. The SMILES string of the molecule is COc1cc([C@@H]2c3cc4c(cc3[C@@H](O[C@@H]3O[C@@H]5COC(c6cccs6)O[C@H]5[C@H](O)[C@H]3O)[C@H]3COC(=O)[C@H]23)OCO4)cc(OC)c1O.COc1cccc2c1C(=O)c1c(O)c3c(c(O)c1C2=O)C[C@@](O)(C(C)=O)C[C@@H]3O[C@H]1C[C@H](N)[C@H](O)[C@H](C)O1.Nc1nc(N)c2nc(CNc3ccc(C(=O)NC(CCC(=O)O)C(=O)O)cc3)cnc2n1. The minimum absolute atomic E-state index is 0.0101. The van der Waals surface area contributed by atoms with E-state index in [0.29, 0.717) is 51.6 Å². The van der Waals surface area contributed by atoms with Crippen molar-refractivity contribution in [2.75, 3.05) is 58.1 Å². The number of methoxy groups -OCH3 is 3. The fourth-order valence-corrected chi connectivity index (χ4v) is 16.3. The number of amides is 1. The number of ketones is 3. The first kappa shape index (κ1) is 81.1. The van der Waals surface area contributed by atoms with E-state index in [9.17, 15) is 69.3 Å². The Morgan fingerprint density at radius 1 is 0.767 bits per heavy atom. The Morgan fingerprint density at radius 2 is 1.47 bits per heavy atom. The maximum Gasteiger partial charge on any atom is 0.326 e. The molecule has 3 aromatic heterocycles. The lowest BCUT2D eigenvalue weighted by molar-refractivity contribution is -0.368. The number of Topliss-reactive ketones (excluding diaryl/α,β-unsaturated/α-hetero) is 1. The highest BCUT2D eigenvalue weighted by atomic mass is 32.1. The number of hydrogen-bond acceptors (Lipinski definition) is 35. The van der Waals surface area contributed by atoms with Crippen molar-refractivity contribution in [3.8, 4) is 46.0 Å². The number of aliphatic hydroxyl groups excluding tert-OH is 3. The third-order valence-corrected chi connectivity index (χ3v) is 22.4. The summed E-state index contributed by atoms with van der Waals surface area (Å²) in [5.74, 6) is -7.19. The summed E-state index contributed by atoms with van der Waals surface area (Å²) < 4.78 is 69.6. The van der Waals surface area contributed by atoms with Crippen LogP contribution >= 0.6 is 11.3 Å². The van der Waals surface area contributed by atoms with E-state index in [0.717, 1.165) is 4.88 Å². The molecular weight excluding hydrogens is 1540 g/mol. The first-order valence-corrected chi connectivity index (χ1v) is 37.4. The van der Waals surface area contributed by atoms with Crippen molar-refractivity contribution in [2.24, 2.45) is 17.6 Å². The third kappa shape index (κ3) is 15.6. The van der Waals surface area contributed by atoms with Crippen LogP contribution < -0.4 is 51.5 Å². The average molecular weight is 1620 g/mol. The number of cyclic esters (lactones) is 1. The number of aliphatic carboxylic acids is 2. The number of fused-ring (bicyclic) bond motifs is 8. The normalized spacial score (nSPS) is 26.7. The van der Waals surface area contributed by atoms with Crippen LogP contribution in [0.2, 0.25) is 0 Å². The Labute approximate surface area is 662 Å². The monoisotopic (exact) mass is 1620 g/mol. The van der Waals surface area contributed by atoms with Crippen molar-refractivity contribution in [3.05, 3.63) is 157 Å². The summed E-state index contributed by atoms with van der Waals surface area (Å²) >= 11 is 1.46. The van der Waals surface area contributed by atoms with Gasteiger partial charge in [-0.3, -0.25) is 28.8 Å². The molecule has 0 bridgehead atoms. The molecule has 0 saturated carbocycles. The van der Waals surface area contributed by atoms with Gasteiger partial charge in [0.1, 0.15) is 53.3 Å². The predicted molar refractivity (Wildman–Crippen MR) is 400 cm³/mol. The summed E-state index contributed by atoms with van der Waals surface area (Å²) in [6.07, 6.45) is -10.8. The fourth-order valence-electron chi connectivity index (χ4n) is 15.6. The van der Waals surface area contributed by atoms with Gasteiger partial charge in [0.05, 0.1) is 105 Å². The van der Waals surface area contributed by atoms with Crippen LogP contribution in [0.4, 0.5) is 17.5 Å².